The van der Waals surface area contributed by atoms with E-state index in [1.165, 1.54) is 36.9 Å². The molecule has 0 fully saturated rings. The quantitative estimate of drug-likeness (QED) is 0.0757. The zero-order chi connectivity index (χ0) is 58.6. The fourth-order valence-electron chi connectivity index (χ4n) is 9.39. The molecule has 0 amide bonds. The van der Waals surface area contributed by atoms with Crippen LogP contribution in [0.3, 0.4) is 0 Å². The molecule has 12 rings (SSSR count). The van der Waals surface area contributed by atoms with Crippen molar-refractivity contribution in [2.75, 3.05) is 14.2 Å². The molecule has 0 saturated carbocycles. The molecule has 15 heteroatoms. The van der Waals surface area contributed by atoms with Crippen molar-refractivity contribution in [3.8, 4) is 111 Å². The molecular weight excluding hydrogens is 1120 g/mol. The van der Waals surface area contributed by atoms with Crippen molar-refractivity contribution in [2.24, 2.45) is 0 Å². The summed E-state index contributed by atoms with van der Waals surface area (Å²) in [6.07, 6.45) is 0. The number of thiophene rings is 2. The zero-order valence-corrected chi connectivity index (χ0v) is 49.3. The van der Waals surface area contributed by atoms with Gasteiger partial charge in [0.05, 0.1) is 59.3 Å². The first-order valence-corrected chi connectivity index (χ1v) is 29.3. The summed E-state index contributed by atoms with van der Waals surface area (Å²) in [5, 5.41) is 0. The lowest BCUT2D eigenvalue weighted by Gasteiger charge is -2.20. The average Bonchev–Trinajstić information content (AvgIpc) is 3.60. The first-order valence-electron chi connectivity index (χ1n) is 26.9. The fourth-order valence-corrected chi connectivity index (χ4v) is 12.2. The van der Waals surface area contributed by atoms with Gasteiger partial charge in [0.25, 0.3) is 0 Å². The number of rotatable bonds is 18. The summed E-state index contributed by atoms with van der Waals surface area (Å²) in [6.45, 7) is 8.14. The van der Waals surface area contributed by atoms with E-state index >= 15 is 0 Å². The largest absolute Gasteiger partial charge is 0.465 e. The Bertz CT molecular complexity index is 3970. The highest BCUT2D eigenvalue weighted by Gasteiger charge is 2.32. The number of aryl methyl sites for hydroxylation is 4. The maximum Gasteiger partial charge on any atom is 0.337 e. The summed E-state index contributed by atoms with van der Waals surface area (Å²) in [5.74, 6) is 5.26. The number of aromatic nitrogens is 2. The zero-order valence-electron chi connectivity index (χ0n) is 46.8. The van der Waals surface area contributed by atoms with Crippen LogP contribution in [0.15, 0.2) is 206 Å². The van der Waals surface area contributed by atoms with Crippen molar-refractivity contribution < 1.29 is 47.5 Å². The SMILES string of the molecule is COC(=O)c1ccc(Oc2c(Oc3ccc(C(=O)OC)cc3)c(-c3ccc(-c4c(Oc5ccc(C)cc5)cccc4Oc4ccc(C)cc4)s3)c3nsnc3c2-c2ccc(-c3c(Oc4ccc(C)cc4)cccc3Oc3ccc(C)cc3)s2)cc1. The highest BCUT2D eigenvalue weighted by Crippen LogP contribution is 2.58. The molecule has 0 spiro atoms. The first kappa shape index (κ1) is 55.5. The van der Waals surface area contributed by atoms with Crippen LogP contribution in [-0.4, -0.2) is 34.9 Å². The van der Waals surface area contributed by atoms with Gasteiger partial charge in [-0.05, 0) is 173 Å². The van der Waals surface area contributed by atoms with Crippen LogP contribution in [-0.2, 0) is 9.47 Å². The van der Waals surface area contributed by atoms with Crippen molar-refractivity contribution in [1.82, 2.24) is 8.75 Å². The summed E-state index contributed by atoms with van der Waals surface area (Å²) in [6, 6.07) is 64.6. The highest BCUT2D eigenvalue weighted by atomic mass is 32.1. The molecule has 0 bridgehead atoms. The van der Waals surface area contributed by atoms with E-state index in [4.69, 9.17) is 46.6 Å². The number of esters is 2. The summed E-state index contributed by atoms with van der Waals surface area (Å²) >= 11 is 4.02. The van der Waals surface area contributed by atoms with Gasteiger partial charge < -0.3 is 37.9 Å². The Morgan fingerprint density at radius 3 is 0.859 bits per heavy atom. The molecule has 0 unspecified atom stereocenters. The minimum absolute atomic E-state index is 0.285. The molecule has 0 radical (unpaired) electrons. The van der Waals surface area contributed by atoms with Crippen LogP contribution in [0.4, 0.5) is 0 Å². The third kappa shape index (κ3) is 12.1. The van der Waals surface area contributed by atoms with Gasteiger partial charge >= 0.3 is 11.9 Å². The normalized spacial score (nSPS) is 11.0. The Labute approximate surface area is 502 Å². The number of carbonyl (C=O) groups is 2. The van der Waals surface area contributed by atoms with Crippen molar-refractivity contribution in [3.63, 3.8) is 0 Å². The molecule has 12 aromatic rings. The monoisotopic (exact) mass is 1180 g/mol. The van der Waals surface area contributed by atoms with Gasteiger partial charge in [-0.2, -0.15) is 8.75 Å². The van der Waals surface area contributed by atoms with Crippen molar-refractivity contribution in [2.45, 2.75) is 27.7 Å². The number of ether oxygens (including phenoxy) is 8. The summed E-state index contributed by atoms with van der Waals surface area (Å²) in [4.78, 5) is 28.7. The van der Waals surface area contributed by atoms with Crippen LogP contribution in [0.5, 0.6) is 69.0 Å². The topological polar surface area (TPSA) is 134 Å². The van der Waals surface area contributed by atoms with Crippen molar-refractivity contribution >= 4 is 57.4 Å². The van der Waals surface area contributed by atoms with Crippen LogP contribution < -0.4 is 28.4 Å². The first-order chi connectivity index (χ1) is 41.4. The number of benzene rings is 9. The van der Waals surface area contributed by atoms with E-state index in [1.807, 2.05) is 185 Å². The minimum Gasteiger partial charge on any atom is -0.465 e. The van der Waals surface area contributed by atoms with Gasteiger partial charge in [-0.3, -0.25) is 0 Å². The molecule has 420 valence electrons. The average molecular weight is 1180 g/mol. The molecular formula is C70H52N2O10S3. The molecule has 0 N–H and O–H groups in total. The van der Waals surface area contributed by atoms with Gasteiger partial charge in [-0.25, -0.2) is 9.59 Å². The molecule has 85 heavy (non-hydrogen) atoms. The molecule has 0 saturated heterocycles. The second kappa shape index (κ2) is 24.4. The molecule has 0 aliphatic carbocycles. The van der Waals surface area contributed by atoms with E-state index < -0.39 is 11.9 Å². The summed E-state index contributed by atoms with van der Waals surface area (Å²) < 4.78 is 61.5. The van der Waals surface area contributed by atoms with Crippen LogP contribution >= 0.6 is 34.4 Å². The van der Waals surface area contributed by atoms with E-state index in [9.17, 15) is 9.59 Å². The van der Waals surface area contributed by atoms with Crippen LogP contribution in [0, 0.1) is 27.7 Å². The maximum absolute atomic E-state index is 12.8. The second-order valence-corrected chi connectivity index (χ2v) is 22.5. The van der Waals surface area contributed by atoms with E-state index in [0.29, 0.717) is 90.8 Å². The van der Waals surface area contributed by atoms with Gasteiger partial charge in [0.15, 0.2) is 11.5 Å². The maximum atomic E-state index is 12.8. The van der Waals surface area contributed by atoms with Gasteiger partial charge in [-0.15, -0.1) is 22.7 Å². The molecule has 3 aromatic heterocycles. The molecule has 12 nitrogen and oxygen atoms in total. The number of hydrogen-bond acceptors (Lipinski definition) is 15. The van der Waals surface area contributed by atoms with Crippen LogP contribution in [0.1, 0.15) is 43.0 Å². The van der Waals surface area contributed by atoms with E-state index in [0.717, 1.165) is 64.6 Å². The Morgan fingerprint density at radius 1 is 0.318 bits per heavy atom. The summed E-state index contributed by atoms with van der Waals surface area (Å²) in [7, 11) is 2.67. The van der Waals surface area contributed by atoms with Gasteiger partial charge in [0.2, 0.25) is 0 Å². The smallest absolute Gasteiger partial charge is 0.337 e. The second-order valence-electron chi connectivity index (χ2n) is 19.9. The van der Waals surface area contributed by atoms with Gasteiger partial charge in [0, 0.05) is 19.5 Å². The predicted octanol–water partition coefficient (Wildman–Crippen LogP) is 20.0. The minimum atomic E-state index is -0.501. The lowest BCUT2D eigenvalue weighted by molar-refractivity contribution is 0.0592. The highest BCUT2D eigenvalue weighted by molar-refractivity contribution is 7.19. The third-order valence-electron chi connectivity index (χ3n) is 13.8. The third-order valence-corrected chi connectivity index (χ3v) is 16.6. The number of nitrogens with zero attached hydrogens (tertiary/aromatic N) is 2. The van der Waals surface area contributed by atoms with Crippen LogP contribution in [0.2, 0.25) is 0 Å². The van der Waals surface area contributed by atoms with Gasteiger partial charge in [0.1, 0.15) is 68.5 Å². The van der Waals surface area contributed by atoms with Crippen molar-refractivity contribution in [1.29, 1.82) is 0 Å². The Morgan fingerprint density at radius 2 is 0.576 bits per heavy atom. The molecule has 0 aliphatic rings. The lowest BCUT2D eigenvalue weighted by atomic mass is 10.0. The summed E-state index contributed by atoms with van der Waals surface area (Å²) in [5.41, 5.74) is 8.72. The number of fused-ring (bicyclic) bond motifs is 1. The van der Waals surface area contributed by atoms with E-state index in [1.54, 1.807) is 48.5 Å². The number of methoxy groups -OCH3 is 2. The Kier molecular flexibility index (Phi) is 15.9. The number of hydrogen-bond donors (Lipinski definition) is 0. The van der Waals surface area contributed by atoms with Gasteiger partial charge in [-0.1, -0.05) is 82.9 Å². The van der Waals surface area contributed by atoms with Crippen LogP contribution in [0.25, 0.3) is 52.8 Å². The molecule has 3 heterocycles. The van der Waals surface area contributed by atoms with E-state index in [2.05, 4.69) is 0 Å². The predicted molar refractivity (Wildman–Crippen MR) is 336 cm³/mol. The lowest BCUT2D eigenvalue weighted by Crippen LogP contribution is -2.01. The molecule has 9 aromatic carbocycles. The standard InChI is InChI=1S/C70H52N2O10S3/c1-41-13-25-47(26-14-41)77-53-9-7-10-54(78-48-27-15-42(2)16-28-48)61(53)57-37-39-59(83-57)63-65-66(72-85-71-65)64(68(82-52-35-23-46(24-36-52)70(74)76-6)67(63)81-51-33-21-45(22-34-51)69(73)75-5)60-40-38-58(84-60)62-55(79-49-29-17-43(3)18-30-49)11-8-12-56(62)80-50-31-19-44(4)20-32-50/h7-40H,1-6H3. The van der Waals surface area contributed by atoms with E-state index in [-0.39, 0.29) is 11.5 Å². The molecule has 0 atom stereocenters. The Balaban J connectivity index is 1.07. The molecule has 0 aliphatic heterocycles. The van der Waals surface area contributed by atoms with Crippen molar-refractivity contribution in [3.05, 3.63) is 240 Å². The Hall–Kier alpha value is -10.1. The number of carbonyl (C=O) groups excluding carboxylic acids is 2. The fraction of sp³-hybridized carbons (Fsp3) is 0.0857.